The van der Waals surface area contributed by atoms with Crippen LogP contribution in [0.3, 0.4) is 0 Å². The summed E-state index contributed by atoms with van der Waals surface area (Å²) in [7, 11) is 0. The Morgan fingerprint density at radius 3 is 2.38 bits per heavy atom. The van der Waals surface area contributed by atoms with E-state index in [1.54, 1.807) is 31.2 Å². The van der Waals surface area contributed by atoms with Crippen LogP contribution >= 0.6 is 15.9 Å². The molecule has 0 aromatic heterocycles. The van der Waals surface area contributed by atoms with E-state index < -0.39 is 48.4 Å². The Labute approximate surface area is 290 Å². The highest BCUT2D eigenvalue weighted by molar-refractivity contribution is 9.10. The second kappa shape index (κ2) is 21.9. The standard InChI is InChI=1S/C38H56BrNO7/c1-6-7-8-9-11-14-26(2)23-32-24-27(3)15-12-10-13-16-34(46-37(43)30-18-20-31(39)21-19-30)35(47-38(40)44)22-17-28(4)25-33(41)29(5)36(42)45-32/h10-12,14,18-21,23,27-29,32-35,41H,6-9,13,15-17,22,24-25H2,1-5H3,(H2,40,44)/b12-10+,14-11+,26-23+. The first-order valence-corrected chi connectivity index (χ1v) is 18.0. The molecule has 7 atom stereocenters. The Balaban J connectivity index is 2.28. The van der Waals surface area contributed by atoms with E-state index >= 15 is 0 Å². The molecular weight excluding hydrogens is 662 g/mol. The third kappa shape index (κ3) is 16.2. The van der Waals surface area contributed by atoms with Crippen molar-refractivity contribution in [3.05, 3.63) is 70.3 Å². The van der Waals surface area contributed by atoms with Crippen LogP contribution in [0.1, 0.15) is 116 Å². The first-order valence-electron chi connectivity index (χ1n) is 17.2. The normalized spacial score (nSPS) is 28.1. The van der Waals surface area contributed by atoms with Gasteiger partial charge >= 0.3 is 18.0 Å². The minimum atomic E-state index is -0.943. The molecule has 47 heavy (non-hydrogen) atoms. The molecule has 0 saturated carbocycles. The molecule has 1 aromatic rings. The third-order valence-electron chi connectivity index (χ3n) is 8.59. The quantitative estimate of drug-likeness (QED) is 0.0859. The molecule has 2 rings (SSSR count). The second-order valence-corrected chi connectivity index (χ2v) is 14.0. The number of rotatable bonds is 9. The van der Waals surface area contributed by atoms with E-state index in [2.05, 4.69) is 48.0 Å². The number of unbranched alkanes of at least 4 members (excludes halogenated alkanes) is 3. The van der Waals surface area contributed by atoms with E-state index in [-0.39, 0.29) is 11.8 Å². The highest BCUT2D eigenvalue weighted by Crippen LogP contribution is 2.26. The molecule has 262 valence electrons. The second-order valence-electron chi connectivity index (χ2n) is 13.1. The molecule has 0 bridgehead atoms. The number of primary amides is 1. The molecule has 1 heterocycles. The number of cyclic esters (lactones) is 1. The van der Waals surface area contributed by atoms with Crippen molar-refractivity contribution in [3.8, 4) is 0 Å². The zero-order valence-corrected chi connectivity index (χ0v) is 30.5. The Hall–Kier alpha value is -2.91. The SMILES string of the molecule is CCCCC/C=C/C(C)=C/C1CC(C)C/C=C/CCC(OC(=O)c2ccc(Br)cc2)C(OC(N)=O)CCC(C)CC(O)C(C)C(=O)O1. The van der Waals surface area contributed by atoms with E-state index in [9.17, 15) is 19.5 Å². The van der Waals surface area contributed by atoms with Crippen molar-refractivity contribution < 1.29 is 33.7 Å². The minimum absolute atomic E-state index is 0.0309. The van der Waals surface area contributed by atoms with Gasteiger partial charge in [-0.25, -0.2) is 9.59 Å². The number of carbonyl (C=O) groups is 3. The van der Waals surface area contributed by atoms with Crippen molar-refractivity contribution in [2.45, 2.75) is 130 Å². The van der Waals surface area contributed by atoms with Crippen LogP contribution in [0.15, 0.2) is 64.7 Å². The zero-order valence-electron chi connectivity index (χ0n) is 28.9. The molecule has 1 aliphatic rings. The number of halogens is 1. The maximum Gasteiger partial charge on any atom is 0.404 e. The Kier molecular flexibility index (Phi) is 18.7. The van der Waals surface area contributed by atoms with Crippen LogP contribution in [0.2, 0.25) is 0 Å². The maximum atomic E-state index is 13.2. The summed E-state index contributed by atoms with van der Waals surface area (Å²) in [4.78, 5) is 38.2. The van der Waals surface area contributed by atoms with Gasteiger partial charge in [-0.3, -0.25) is 4.79 Å². The molecular formula is C38H56BrNO7. The smallest absolute Gasteiger partial charge is 0.404 e. The fourth-order valence-electron chi connectivity index (χ4n) is 5.66. The monoisotopic (exact) mass is 717 g/mol. The van der Waals surface area contributed by atoms with Crippen molar-refractivity contribution >= 4 is 34.0 Å². The lowest BCUT2D eigenvalue weighted by Gasteiger charge is -2.28. The summed E-state index contributed by atoms with van der Waals surface area (Å²) in [5, 5.41) is 11.0. The van der Waals surface area contributed by atoms with Crippen LogP contribution in [-0.2, 0) is 19.0 Å². The molecule has 1 aromatic carbocycles. The molecule has 8 nitrogen and oxygen atoms in total. The zero-order chi connectivity index (χ0) is 34.8. The summed E-state index contributed by atoms with van der Waals surface area (Å²) >= 11 is 3.38. The number of aliphatic hydroxyl groups is 1. The highest BCUT2D eigenvalue weighted by Gasteiger charge is 2.31. The number of hydrogen-bond acceptors (Lipinski definition) is 7. The lowest BCUT2D eigenvalue weighted by molar-refractivity contribution is -0.156. The van der Waals surface area contributed by atoms with Gasteiger partial charge in [-0.2, -0.15) is 0 Å². The van der Waals surface area contributed by atoms with Crippen molar-refractivity contribution in [2.24, 2.45) is 23.5 Å². The van der Waals surface area contributed by atoms with Gasteiger partial charge < -0.3 is 25.1 Å². The van der Waals surface area contributed by atoms with E-state index in [0.29, 0.717) is 44.1 Å². The highest BCUT2D eigenvalue weighted by atomic mass is 79.9. The summed E-state index contributed by atoms with van der Waals surface area (Å²) in [5.74, 6) is -1.48. The minimum Gasteiger partial charge on any atom is -0.458 e. The van der Waals surface area contributed by atoms with Crippen LogP contribution in [0.4, 0.5) is 4.79 Å². The lowest BCUT2D eigenvalue weighted by Crippen LogP contribution is -2.37. The van der Waals surface area contributed by atoms with Crippen LogP contribution in [-0.4, -0.2) is 47.6 Å². The van der Waals surface area contributed by atoms with Gasteiger partial charge in [0.2, 0.25) is 0 Å². The van der Waals surface area contributed by atoms with Crippen LogP contribution in [0.25, 0.3) is 0 Å². The van der Waals surface area contributed by atoms with Crippen molar-refractivity contribution in [2.75, 3.05) is 0 Å². The molecule has 0 spiro atoms. The van der Waals surface area contributed by atoms with Gasteiger partial charge in [0, 0.05) is 4.47 Å². The number of aliphatic hydroxyl groups excluding tert-OH is 1. The van der Waals surface area contributed by atoms with E-state index in [1.807, 2.05) is 26.0 Å². The number of allylic oxidation sites excluding steroid dienone is 5. The van der Waals surface area contributed by atoms with Gasteiger partial charge in [0.15, 0.2) is 0 Å². The third-order valence-corrected chi connectivity index (χ3v) is 9.12. The number of ether oxygens (including phenoxy) is 3. The number of benzene rings is 1. The Morgan fingerprint density at radius 2 is 1.70 bits per heavy atom. The van der Waals surface area contributed by atoms with Gasteiger partial charge in [0.25, 0.3) is 0 Å². The van der Waals surface area contributed by atoms with Crippen molar-refractivity contribution in [1.29, 1.82) is 0 Å². The van der Waals surface area contributed by atoms with Crippen molar-refractivity contribution in [1.82, 2.24) is 0 Å². The van der Waals surface area contributed by atoms with E-state index in [1.165, 1.54) is 12.8 Å². The number of esters is 2. The summed E-state index contributed by atoms with van der Waals surface area (Å²) < 4.78 is 18.3. The first-order chi connectivity index (χ1) is 22.4. The van der Waals surface area contributed by atoms with Gasteiger partial charge in [-0.05, 0) is 114 Å². The summed E-state index contributed by atoms with van der Waals surface area (Å²) in [5.41, 5.74) is 6.87. The predicted molar refractivity (Wildman–Crippen MR) is 190 cm³/mol. The molecule has 0 radical (unpaired) electrons. The number of amides is 1. The summed E-state index contributed by atoms with van der Waals surface area (Å²) in [6.45, 7) is 9.99. The fourth-order valence-corrected chi connectivity index (χ4v) is 5.92. The van der Waals surface area contributed by atoms with Gasteiger partial charge in [0.05, 0.1) is 17.6 Å². The molecule has 3 N–H and O–H groups in total. The van der Waals surface area contributed by atoms with Crippen LogP contribution < -0.4 is 5.73 Å². The number of nitrogens with two attached hydrogens (primary N) is 1. The molecule has 0 aliphatic carbocycles. The van der Waals surface area contributed by atoms with Crippen LogP contribution in [0.5, 0.6) is 0 Å². The summed E-state index contributed by atoms with van der Waals surface area (Å²) in [6, 6.07) is 6.86. The topological polar surface area (TPSA) is 125 Å². The molecule has 9 heteroatoms. The van der Waals surface area contributed by atoms with Gasteiger partial charge in [0.1, 0.15) is 18.3 Å². The van der Waals surface area contributed by atoms with E-state index in [0.717, 1.165) is 29.3 Å². The molecule has 7 unspecified atom stereocenters. The van der Waals surface area contributed by atoms with Crippen molar-refractivity contribution in [3.63, 3.8) is 0 Å². The van der Waals surface area contributed by atoms with Gasteiger partial charge in [-0.15, -0.1) is 0 Å². The molecule has 1 aliphatic heterocycles. The molecule has 0 fully saturated rings. The number of hydrogen-bond donors (Lipinski definition) is 2. The first kappa shape index (κ1) is 40.3. The summed E-state index contributed by atoms with van der Waals surface area (Å²) in [6.07, 6.45) is 14.9. The fraction of sp³-hybridized carbons (Fsp3) is 0.605. The average molecular weight is 719 g/mol. The van der Waals surface area contributed by atoms with Gasteiger partial charge in [-0.1, -0.05) is 79.4 Å². The largest absolute Gasteiger partial charge is 0.458 e. The Morgan fingerprint density at radius 1 is 1.00 bits per heavy atom. The molecule has 1 amide bonds. The average Bonchev–Trinajstić information content (AvgIpc) is 3.01. The maximum absolute atomic E-state index is 13.2. The lowest BCUT2D eigenvalue weighted by atomic mass is 9.90. The number of carbonyl (C=O) groups excluding carboxylic acids is 3. The molecule has 0 saturated heterocycles. The van der Waals surface area contributed by atoms with Crippen LogP contribution in [0, 0.1) is 17.8 Å². The van der Waals surface area contributed by atoms with E-state index in [4.69, 9.17) is 19.9 Å². The Bertz CT molecular complexity index is 1190. The predicted octanol–water partition coefficient (Wildman–Crippen LogP) is 9.00.